The molecule has 2 atom stereocenters. The average Bonchev–Trinajstić information content (AvgIpc) is 2.72. The Morgan fingerprint density at radius 2 is 1.38 bits per heavy atom. The van der Waals surface area contributed by atoms with E-state index in [1.54, 1.807) is 0 Å². The fraction of sp³-hybridized carbons (Fsp3) is 0.581. The van der Waals surface area contributed by atoms with Crippen LogP contribution in [0.2, 0.25) is 0 Å². The van der Waals surface area contributed by atoms with Crippen LogP contribution in [0.3, 0.4) is 0 Å². The van der Waals surface area contributed by atoms with E-state index in [1.165, 1.54) is 17.5 Å². The van der Waals surface area contributed by atoms with Crippen molar-refractivity contribution in [1.82, 2.24) is 0 Å². The SMILES string of the molecule is CCC(C)(C)C(=O)Oc1ccc(C2(c3ccc(OC(C)(C)C)cc3)CC(C)CC(C)(C)C2)cc1. The molecular weight excluding hydrogens is 420 g/mol. The van der Waals surface area contributed by atoms with Crippen molar-refractivity contribution in [3.05, 3.63) is 59.7 Å². The van der Waals surface area contributed by atoms with E-state index in [0.29, 0.717) is 11.7 Å². The van der Waals surface area contributed by atoms with Gasteiger partial charge in [0.15, 0.2) is 0 Å². The Labute approximate surface area is 207 Å². The molecule has 2 unspecified atom stereocenters. The third kappa shape index (κ3) is 6.03. The topological polar surface area (TPSA) is 35.5 Å². The zero-order chi connectivity index (χ0) is 25.4. The summed E-state index contributed by atoms with van der Waals surface area (Å²) in [6.45, 7) is 19.2. The van der Waals surface area contributed by atoms with E-state index in [2.05, 4.69) is 77.9 Å². The van der Waals surface area contributed by atoms with Gasteiger partial charge >= 0.3 is 5.97 Å². The van der Waals surface area contributed by atoms with Gasteiger partial charge in [0.1, 0.15) is 17.1 Å². The summed E-state index contributed by atoms with van der Waals surface area (Å²) in [5, 5.41) is 0. The van der Waals surface area contributed by atoms with Crippen LogP contribution in [0.5, 0.6) is 11.5 Å². The first-order chi connectivity index (χ1) is 15.7. The van der Waals surface area contributed by atoms with Crippen molar-refractivity contribution in [2.45, 2.75) is 99.0 Å². The van der Waals surface area contributed by atoms with Gasteiger partial charge in [-0.2, -0.15) is 0 Å². The van der Waals surface area contributed by atoms with Gasteiger partial charge in [0.25, 0.3) is 0 Å². The fourth-order valence-corrected chi connectivity index (χ4v) is 5.61. The minimum absolute atomic E-state index is 0.0906. The lowest BCUT2D eigenvalue weighted by Crippen LogP contribution is -2.41. The number of hydrogen-bond donors (Lipinski definition) is 0. The molecule has 0 saturated heterocycles. The summed E-state index contributed by atoms with van der Waals surface area (Å²) < 4.78 is 11.8. The van der Waals surface area contributed by atoms with Gasteiger partial charge in [0.05, 0.1) is 5.41 Å². The van der Waals surface area contributed by atoms with Crippen molar-refractivity contribution in [3.8, 4) is 11.5 Å². The van der Waals surface area contributed by atoms with Crippen LogP contribution >= 0.6 is 0 Å². The maximum Gasteiger partial charge on any atom is 0.316 e. The lowest BCUT2D eigenvalue weighted by atomic mass is 9.55. The molecule has 0 amide bonds. The molecule has 0 aliphatic heterocycles. The highest BCUT2D eigenvalue weighted by molar-refractivity contribution is 5.78. The molecule has 0 spiro atoms. The summed E-state index contributed by atoms with van der Waals surface area (Å²) >= 11 is 0. The molecule has 3 rings (SSSR count). The molecule has 1 aliphatic carbocycles. The quantitative estimate of drug-likeness (QED) is 0.318. The zero-order valence-corrected chi connectivity index (χ0v) is 22.7. The van der Waals surface area contributed by atoms with Crippen LogP contribution in [0.1, 0.15) is 99.1 Å². The van der Waals surface area contributed by atoms with Gasteiger partial charge in [-0.15, -0.1) is 0 Å². The highest BCUT2D eigenvalue weighted by atomic mass is 16.5. The highest BCUT2D eigenvalue weighted by Gasteiger charge is 2.45. The molecule has 0 bridgehead atoms. The van der Waals surface area contributed by atoms with Crippen LogP contribution in [0.15, 0.2) is 48.5 Å². The van der Waals surface area contributed by atoms with E-state index >= 15 is 0 Å². The Morgan fingerprint density at radius 3 is 1.82 bits per heavy atom. The molecule has 0 heterocycles. The number of carbonyl (C=O) groups is 1. The molecule has 1 saturated carbocycles. The van der Waals surface area contributed by atoms with E-state index < -0.39 is 5.41 Å². The Bertz CT molecular complexity index is 977. The minimum Gasteiger partial charge on any atom is -0.488 e. The zero-order valence-electron chi connectivity index (χ0n) is 22.7. The molecule has 0 radical (unpaired) electrons. The number of hydrogen-bond acceptors (Lipinski definition) is 3. The third-order valence-corrected chi connectivity index (χ3v) is 7.26. The molecule has 1 aliphatic rings. The first-order valence-corrected chi connectivity index (χ1v) is 12.8. The Kier molecular flexibility index (Phi) is 7.27. The minimum atomic E-state index is -0.487. The van der Waals surface area contributed by atoms with Gasteiger partial charge in [0.2, 0.25) is 0 Å². The number of carbonyl (C=O) groups excluding carboxylic acids is 1. The molecule has 186 valence electrons. The molecular formula is C31H44O3. The second-order valence-electron chi connectivity index (χ2n) is 12.8. The van der Waals surface area contributed by atoms with Gasteiger partial charge < -0.3 is 9.47 Å². The highest BCUT2D eigenvalue weighted by Crippen LogP contribution is 2.53. The van der Waals surface area contributed by atoms with Crippen LogP contribution in [0.25, 0.3) is 0 Å². The van der Waals surface area contributed by atoms with Gasteiger partial charge in [0, 0.05) is 5.41 Å². The van der Waals surface area contributed by atoms with E-state index in [9.17, 15) is 4.79 Å². The van der Waals surface area contributed by atoms with Gasteiger partial charge in [-0.05, 0) is 107 Å². The second-order valence-corrected chi connectivity index (χ2v) is 12.8. The number of ether oxygens (including phenoxy) is 2. The average molecular weight is 465 g/mol. The monoisotopic (exact) mass is 464 g/mol. The van der Waals surface area contributed by atoms with Crippen LogP contribution in [-0.4, -0.2) is 11.6 Å². The molecule has 1 fully saturated rings. The van der Waals surface area contributed by atoms with Gasteiger partial charge in [-0.3, -0.25) is 4.79 Å². The molecule has 0 N–H and O–H groups in total. The predicted octanol–water partition coefficient (Wildman–Crippen LogP) is 8.34. The Balaban J connectivity index is 1.98. The van der Waals surface area contributed by atoms with Crippen molar-refractivity contribution < 1.29 is 14.3 Å². The standard InChI is InChI=1S/C31H44O3/c1-10-30(8,9)27(32)33-25-15-11-23(12-16-25)31(20-22(2)19-29(6,7)21-31)24-13-17-26(18-14-24)34-28(3,4)5/h11-18,22H,10,19-21H2,1-9H3. The second kappa shape index (κ2) is 9.40. The van der Waals surface area contributed by atoms with Crippen LogP contribution in [-0.2, 0) is 10.2 Å². The summed E-state index contributed by atoms with van der Waals surface area (Å²) in [4.78, 5) is 12.6. The summed E-state index contributed by atoms with van der Waals surface area (Å²) in [7, 11) is 0. The van der Waals surface area contributed by atoms with Crippen LogP contribution < -0.4 is 9.47 Å². The van der Waals surface area contributed by atoms with E-state index in [4.69, 9.17) is 9.47 Å². The third-order valence-electron chi connectivity index (χ3n) is 7.26. The van der Waals surface area contributed by atoms with Crippen LogP contribution in [0, 0.1) is 16.7 Å². The Morgan fingerprint density at radius 1 is 0.882 bits per heavy atom. The van der Waals surface area contributed by atoms with Crippen molar-refractivity contribution >= 4 is 5.97 Å². The number of rotatable bonds is 6. The fourth-order valence-electron chi connectivity index (χ4n) is 5.61. The molecule has 0 aromatic heterocycles. The normalized spacial score (nSPS) is 22.8. The van der Waals surface area contributed by atoms with E-state index in [0.717, 1.165) is 25.0 Å². The van der Waals surface area contributed by atoms with Crippen molar-refractivity contribution in [3.63, 3.8) is 0 Å². The molecule has 2 aromatic carbocycles. The molecule has 34 heavy (non-hydrogen) atoms. The molecule has 2 aromatic rings. The van der Waals surface area contributed by atoms with Gasteiger partial charge in [-0.1, -0.05) is 52.0 Å². The summed E-state index contributed by atoms with van der Waals surface area (Å²) in [5.41, 5.74) is 2.04. The Hall–Kier alpha value is -2.29. The van der Waals surface area contributed by atoms with Crippen molar-refractivity contribution in [2.75, 3.05) is 0 Å². The summed E-state index contributed by atoms with van der Waals surface area (Å²) in [5.74, 6) is 1.94. The summed E-state index contributed by atoms with van der Waals surface area (Å²) in [6, 6.07) is 17.0. The lowest BCUT2D eigenvalue weighted by Gasteiger charge is -2.48. The molecule has 3 nitrogen and oxygen atoms in total. The van der Waals surface area contributed by atoms with E-state index in [1.807, 2.05) is 32.9 Å². The number of benzene rings is 2. The van der Waals surface area contributed by atoms with E-state index in [-0.39, 0.29) is 22.4 Å². The maximum atomic E-state index is 12.6. The number of esters is 1. The van der Waals surface area contributed by atoms with Crippen molar-refractivity contribution in [2.24, 2.45) is 16.7 Å². The van der Waals surface area contributed by atoms with Crippen LogP contribution in [0.4, 0.5) is 0 Å². The maximum absolute atomic E-state index is 12.6. The largest absolute Gasteiger partial charge is 0.488 e. The smallest absolute Gasteiger partial charge is 0.316 e. The molecule has 3 heteroatoms. The first-order valence-electron chi connectivity index (χ1n) is 12.8. The first kappa shape index (κ1) is 26.3. The van der Waals surface area contributed by atoms with Gasteiger partial charge in [-0.25, -0.2) is 0 Å². The predicted molar refractivity (Wildman–Crippen MR) is 141 cm³/mol. The van der Waals surface area contributed by atoms with Crippen molar-refractivity contribution in [1.29, 1.82) is 0 Å². The lowest BCUT2D eigenvalue weighted by molar-refractivity contribution is -0.144. The summed E-state index contributed by atoms with van der Waals surface area (Å²) in [6.07, 6.45) is 4.14.